The first kappa shape index (κ1) is 14.9. The lowest BCUT2D eigenvalue weighted by Gasteiger charge is -2.20. The number of benzene rings is 2. The molecule has 0 aliphatic heterocycles. The molecule has 0 spiro atoms. The van der Waals surface area contributed by atoms with Crippen LogP contribution in [0, 0.1) is 11.3 Å². The topological polar surface area (TPSA) is 70.4 Å². The maximum Gasteiger partial charge on any atom is 0.264 e. The zero-order valence-corrected chi connectivity index (χ0v) is 12.5. The number of anilines is 1. The SMILES string of the molecule is COc1cccc(N(C)S(=O)(=O)c2ccc(C#N)cc2)c1. The Morgan fingerprint density at radius 1 is 1.14 bits per heavy atom. The van der Waals surface area contributed by atoms with Gasteiger partial charge < -0.3 is 4.74 Å². The van der Waals surface area contributed by atoms with E-state index in [1.807, 2.05) is 6.07 Å². The Balaban J connectivity index is 2.39. The van der Waals surface area contributed by atoms with E-state index in [-0.39, 0.29) is 4.90 Å². The van der Waals surface area contributed by atoms with Gasteiger partial charge in [-0.25, -0.2) is 8.42 Å². The predicted molar refractivity (Wildman–Crippen MR) is 79.7 cm³/mol. The third-order valence-corrected chi connectivity index (χ3v) is 4.86. The van der Waals surface area contributed by atoms with Crippen LogP contribution in [0.3, 0.4) is 0 Å². The van der Waals surface area contributed by atoms with Gasteiger partial charge in [0, 0.05) is 13.1 Å². The van der Waals surface area contributed by atoms with Crippen molar-refractivity contribution in [3.05, 3.63) is 54.1 Å². The highest BCUT2D eigenvalue weighted by Crippen LogP contribution is 2.25. The lowest BCUT2D eigenvalue weighted by molar-refractivity contribution is 0.415. The molecule has 0 amide bonds. The van der Waals surface area contributed by atoms with Gasteiger partial charge >= 0.3 is 0 Å². The molecule has 2 rings (SSSR count). The molecular weight excluding hydrogens is 288 g/mol. The highest BCUT2D eigenvalue weighted by molar-refractivity contribution is 7.92. The molecule has 0 N–H and O–H groups in total. The van der Waals surface area contributed by atoms with Gasteiger partial charge in [0.05, 0.1) is 29.3 Å². The van der Waals surface area contributed by atoms with Gasteiger partial charge in [-0.15, -0.1) is 0 Å². The van der Waals surface area contributed by atoms with Gasteiger partial charge in [0.15, 0.2) is 0 Å². The third-order valence-electron chi connectivity index (χ3n) is 3.06. The van der Waals surface area contributed by atoms with E-state index in [9.17, 15) is 8.42 Å². The first-order valence-electron chi connectivity index (χ1n) is 6.12. The van der Waals surface area contributed by atoms with Crippen molar-refractivity contribution in [1.82, 2.24) is 0 Å². The summed E-state index contributed by atoms with van der Waals surface area (Å²) in [5, 5.41) is 8.75. The number of hydrogen-bond acceptors (Lipinski definition) is 4. The Morgan fingerprint density at radius 3 is 2.38 bits per heavy atom. The molecule has 0 fully saturated rings. The quantitative estimate of drug-likeness (QED) is 0.869. The van der Waals surface area contributed by atoms with E-state index in [1.54, 1.807) is 24.3 Å². The van der Waals surface area contributed by atoms with Crippen LogP contribution in [0.2, 0.25) is 0 Å². The molecule has 21 heavy (non-hydrogen) atoms. The van der Waals surface area contributed by atoms with Crippen molar-refractivity contribution in [3.8, 4) is 11.8 Å². The molecule has 5 nitrogen and oxygen atoms in total. The Labute approximate surface area is 124 Å². The molecule has 0 aliphatic carbocycles. The first-order valence-corrected chi connectivity index (χ1v) is 7.56. The highest BCUT2D eigenvalue weighted by Gasteiger charge is 2.21. The Morgan fingerprint density at radius 2 is 1.81 bits per heavy atom. The van der Waals surface area contributed by atoms with Gasteiger partial charge in [0.2, 0.25) is 0 Å². The van der Waals surface area contributed by atoms with Crippen LogP contribution in [0.1, 0.15) is 5.56 Å². The fourth-order valence-electron chi connectivity index (χ4n) is 1.80. The first-order chi connectivity index (χ1) is 9.98. The maximum absolute atomic E-state index is 12.5. The number of nitrogens with zero attached hydrogens (tertiary/aromatic N) is 2. The zero-order chi connectivity index (χ0) is 15.5. The van der Waals surface area contributed by atoms with Gasteiger partial charge in [-0.2, -0.15) is 5.26 Å². The minimum Gasteiger partial charge on any atom is -0.497 e. The molecule has 108 valence electrons. The van der Waals surface area contributed by atoms with Gasteiger partial charge in [0.25, 0.3) is 10.0 Å². The molecule has 0 saturated carbocycles. The van der Waals surface area contributed by atoms with Crippen molar-refractivity contribution in [3.63, 3.8) is 0 Å². The summed E-state index contributed by atoms with van der Waals surface area (Å²) in [4.78, 5) is 0.131. The van der Waals surface area contributed by atoms with Crippen molar-refractivity contribution >= 4 is 15.7 Å². The average molecular weight is 302 g/mol. The van der Waals surface area contributed by atoms with Gasteiger partial charge in [0.1, 0.15) is 5.75 Å². The molecule has 0 unspecified atom stereocenters. The Bertz CT molecular complexity index is 777. The summed E-state index contributed by atoms with van der Waals surface area (Å²) in [7, 11) is -0.677. The van der Waals surface area contributed by atoms with Crippen LogP contribution in [0.25, 0.3) is 0 Å². The molecule has 6 heteroatoms. The summed E-state index contributed by atoms with van der Waals surface area (Å²) in [5.74, 6) is 0.578. The van der Waals surface area contributed by atoms with E-state index in [4.69, 9.17) is 10.00 Å². The molecule has 2 aromatic carbocycles. The average Bonchev–Trinajstić information content (AvgIpc) is 2.54. The smallest absolute Gasteiger partial charge is 0.264 e. The predicted octanol–water partition coefficient (Wildman–Crippen LogP) is 2.39. The van der Waals surface area contributed by atoms with E-state index in [1.165, 1.54) is 42.7 Å². The van der Waals surface area contributed by atoms with E-state index in [2.05, 4.69) is 0 Å². The maximum atomic E-state index is 12.5. The molecular formula is C15H14N2O3S. The number of nitriles is 1. The van der Waals surface area contributed by atoms with E-state index in [0.29, 0.717) is 17.0 Å². The monoisotopic (exact) mass is 302 g/mol. The van der Waals surface area contributed by atoms with Gasteiger partial charge in [-0.3, -0.25) is 4.31 Å². The van der Waals surface area contributed by atoms with Crippen LogP contribution < -0.4 is 9.04 Å². The zero-order valence-electron chi connectivity index (χ0n) is 11.6. The number of sulfonamides is 1. The van der Waals surface area contributed by atoms with Crippen LogP contribution in [-0.4, -0.2) is 22.6 Å². The van der Waals surface area contributed by atoms with Crippen LogP contribution in [0.15, 0.2) is 53.4 Å². The number of hydrogen-bond donors (Lipinski definition) is 0. The number of rotatable bonds is 4. The number of ether oxygens (including phenoxy) is 1. The summed E-state index contributed by atoms with van der Waals surface area (Å²) in [6.45, 7) is 0. The lowest BCUT2D eigenvalue weighted by atomic mass is 10.2. The molecule has 0 bridgehead atoms. The van der Waals surface area contributed by atoms with Crippen LogP contribution in [0.5, 0.6) is 5.75 Å². The van der Waals surface area contributed by atoms with Crippen molar-refractivity contribution in [1.29, 1.82) is 5.26 Å². The van der Waals surface area contributed by atoms with Crippen molar-refractivity contribution < 1.29 is 13.2 Å². The molecule has 0 heterocycles. The van der Waals surface area contributed by atoms with E-state index < -0.39 is 10.0 Å². The minimum absolute atomic E-state index is 0.131. The standard InChI is InChI=1S/C15H14N2O3S/c1-17(13-4-3-5-14(10-13)20-2)21(18,19)15-8-6-12(11-16)7-9-15/h3-10H,1-2H3. The second kappa shape index (κ2) is 5.85. The van der Waals surface area contributed by atoms with Crippen LogP contribution >= 0.6 is 0 Å². The lowest BCUT2D eigenvalue weighted by Crippen LogP contribution is -2.26. The molecule has 0 aliphatic rings. The number of methoxy groups -OCH3 is 1. The summed E-state index contributed by atoms with van der Waals surface area (Å²) in [6.07, 6.45) is 0. The fourth-order valence-corrected chi connectivity index (χ4v) is 2.99. The third kappa shape index (κ3) is 2.98. The van der Waals surface area contributed by atoms with E-state index in [0.717, 1.165) is 0 Å². The molecule has 2 aromatic rings. The Hall–Kier alpha value is -2.52. The summed E-state index contributed by atoms with van der Waals surface area (Å²) >= 11 is 0. The molecule has 0 atom stereocenters. The second-order valence-electron chi connectivity index (χ2n) is 4.31. The fraction of sp³-hybridized carbons (Fsp3) is 0.133. The molecule has 0 radical (unpaired) electrons. The van der Waals surface area contributed by atoms with E-state index >= 15 is 0 Å². The van der Waals surface area contributed by atoms with Crippen LogP contribution in [-0.2, 0) is 10.0 Å². The van der Waals surface area contributed by atoms with Crippen molar-refractivity contribution in [2.24, 2.45) is 0 Å². The highest BCUT2D eigenvalue weighted by atomic mass is 32.2. The summed E-state index contributed by atoms with van der Waals surface area (Å²) < 4.78 is 31.3. The molecule has 0 aromatic heterocycles. The van der Waals surface area contributed by atoms with Crippen LogP contribution in [0.4, 0.5) is 5.69 Å². The minimum atomic E-state index is -3.67. The van der Waals surface area contributed by atoms with Crippen molar-refractivity contribution in [2.45, 2.75) is 4.90 Å². The second-order valence-corrected chi connectivity index (χ2v) is 6.28. The normalized spacial score (nSPS) is 10.7. The van der Waals surface area contributed by atoms with Crippen molar-refractivity contribution in [2.75, 3.05) is 18.5 Å². The summed E-state index contributed by atoms with van der Waals surface area (Å²) in [6, 6.07) is 14.5. The largest absolute Gasteiger partial charge is 0.497 e. The van der Waals surface area contributed by atoms with Gasteiger partial charge in [-0.1, -0.05) is 6.07 Å². The van der Waals surface area contributed by atoms with Gasteiger partial charge in [-0.05, 0) is 36.4 Å². The summed E-state index contributed by atoms with van der Waals surface area (Å²) in [5.41, 5.74) is 0.914. The Kier molecular flexibility index (Phi) is 4.15. The molecule has 0 saturated heterocycles.